The minimum atomic E-state index is -0.337. The molecule has 1 atom stereocenters. The fraction of sp³-hybridized carbons (Fsp3) is 0.833. The summed E-state index contributed by atoms with van der Waals surface area (Å²) >= 11 is 0. The molecule has 1 saturated carbocycles. The van der Waals surface area contributed by atoms with E-state index in [-0.39, 0.29) is 11.6 Å². The van der Waals surface area contributed by atoms with Crippen LogP contribution < -0.4 is 5.73 Å². The van der Waals surface area contributed by atoms with Crippen molar-refractivity contribution in [3.63, 3.8) is 0 Å². The highest BCUT2D eigenvalue weighted by Gasteiger charge is 2.49. The Labute approximate surface area is 101 Å². The molecule has 1 unspecified atom stereocenters. The van der Waals surface area contributed by atoms with Gasteiger partial charge in [0.2, 0.25) is 0 Å². The molecule has 1 saturated heterocycles. The number of nitrogens with two attached hydrogens (primary N) is 1. The van der Waals surface area contributed by atoms with Crippen LogP contribution in [0.15, 0.2) is 4.99 Å². The van der Waals surface area contributed by atoms with Crippen LogP contribution in [0.3, 0.4) is 0 Å². The van der Waals surface area contributed by atoms with Crippen molar-refractivity contribution >= 4 is 11.9 Å². The van der Waals surface area contributed by atoms with E-state index < -0.39 is 0 Å². The van der Waals surface area contributed by atoms with Gasteiger partial charge in [-0.1, -0.05) is 0 Å². The predicted molar refractivity (Wildman–Crippen MR) is 63.8 cm³/mol. The van der Waals surface area contributed by atoms with E-state index in [2.05, 4.69) is 4.99 Å². The summed E-state index contributed by atoms with van der Waals surface area (Å²) in [5.74, 6) is 1.18. The zero-order chi connectivity index (χ0) is 11.9. The number of rotatable bonds is 2. The zero-order valence-corrected chi connectivity index (χ0v) is 10.0. The third-order valence-corrected chi connectivity index (χ3v) is 4.12. The van der Waals surface area contributed by atoms with Gasteiger partial charge in [0.1, 0.15) is 11.4 Å². The van der Waals surface area contributed by atoms with Gasteiger partial charge >= 0.3 is 6.03 Å². The molecule has 2 fully saturated rings. The lowest BCUT2D eigenvalue weighted by Gasteiger charge is -2.37. The van der Waals surface area contributed by atoms with Crippen LogP contribution >= 0.6 is 0 Å². The second-order valence-electron chi connectivity index (χ2n) is 5.33. The number of amidine groups is 1. The van der Waals surface area contributed by atoms with Gasteiger partial charge in [0.25, 0.3) is 0 Å². The highest BCUT2D eigenvalue weighted by molar-refractivity contribution is 6.05. The molecule has 2 aliphatic heterocycles. The molecule has 2 heterocycles. The highest BCUT2D eigenvalue weighted by Crippen LogP contribution is 2.38. The van der Waals surface area contributed by atoms with Crippen molar-refractivity contribution in [1.82, 2.24) is 4.90 Å². The van der Waals surface area contributed by atoms with Gasteiger partial charge in [0.05, 0.1) is 0 Å². The highest BCUT2D eigenvalue weighted by atomic mass is 16.5. The molecule has 0 radical (unpaired) electrons. The Balaban J connectivity index is 1.85. The Bertz CT molecular complexity index is 355. The molecule has 5 heteroatoms. The number of urea groups is 1. The molecule has 5 nitrogen and oxygen atoms in total. The van der Waals surface area contributed by atoms with Crippen LogP contribution in [0.4, 0.5) is 4.79 Å². The van der Waals surface area contributed by atoms with E-state index in [1.54, 1.807) is 0 Å². The van der Waals surface area contributed by atoms with Crippen molar-refractivity contribution in [2.24, 2.45) is 16.6 Å². The van der Waals surface area contributed by atoms with E-state index in [1.165, 1.54) is 12.8 Å². The number of hydrogen-bond acceptors (Lipinski definition) is 3. The van der Waals surface area contributed by atoms with Crippen molar-refractivity contribution in [1.29, 1.82) is 0 Å². The number of carbonyl (C=O) groups excluding carboxylic acids is 1. The predicted octanol–water partition coefficient (Wildman–Crippen LogP) is 1.13. The maximum absolute atomic E-state index is 12.0. The first-order chi connectivity index (χ1) is 8.22. The summed E-state index contributed by atoms with van der Waals surface area (Å²) in [7, 11) is 0. The fourth-order valence-corrected chi connectivity index (χ4v) is 2.86. The molecule has 17 heavy (non-hydrogen) atoms. The molecule has 2 amide bonds. The van der Waals surface area contributed by atoms with Crippen LogP contribution in [-0.4, -0.2) is 42.1 Å². The van der Waals surface area contributed by atoms with Crippen molar-refractivity contribution in [3.8, 4) is 0 Å². The summed E-state index contributed by atoms with van der Waals surface area (Å²) in [6.07, 6.45) is 5.10. The van der Waals surface area contributed by atoms with Crippen molar-refractivity contribution in [2.45, 2.75) is 37.6 Å². The van der Waals surface area contributed by atoms with Crippen LogP contribution in [0, 0.1) is 5.92 Å². The number of hydrogen-bond donors (Lipinski definition) is 1. The van der Waals surface area contributed by atoms with Gasteiger partial charge in [-0.05, 0) is 31.6 Å². The Morgan fingerprint density at radius 2 is 2.24 bits per heavy atom. The second-order valence-corrected chi connectivity index (χ2v) is 5.33. The van der Waals surface area contributed by atoms with Crippen LogP contribution in [-0.2, 0) is 4.74 Å². The molecule has 94 valence electrons. The van der Waals surface area contributed by atoms with Crippen molar-refractivity contribution < 1.29 is 9.53 Å². The Hall–Kier alpha value is -1.10. The molecule has 0 aromatic heterocycles. The Morgan fingerprint density at radius 3 is 3.00 bits per heavy atom. The summed E-state index contributed by atoms with van der Waals surface area (Å²) in [6.45, 7) is 2.26. The first-order valence-electron chi connectivity index (χ1n) is 6.46. The van der Waals surface area contributed by atoms with Crippen molar-refractivity contribution in [2.75, 3.05) is 19.8 Å². The summed E-state index contributed by atoms with van der Waals surface area (Å²) in [4.78, 5) is 17.9. The fourth-order valence-electron chi connectivity index (χ4n) is 2.86. The number of ether oxygens (including phenoxy) is 1. The molecule has 0 bridgehead atoms. The van der Waals surface area contributed by atoms with Crippen LogP contribution in [0.5, 0.6) is 0 Å². The van der Waals surface area contributed by atoms with Gasteiger partial charge in [-0.15, -0.1) is 0 Å². The van der Waals surface area contributed by atoms with Gasteiger partial charge in [-0.3, -0.25) is 0 Å². The average Bonchev–Trinajstić information content (AvgIpc) is 3.09. The lowest BCUT2D eigenvalue weighted by atomic mass is 9.88. The normalized spacial score (nSPS) is 34.0. The topological polar surface area (TPSA) is 67.9 Å². The molecule has 3 rings (SSSR count). The average molecular weight is 237 g/mol. The zero-order valence-electron chi connectivity index (χ0n) is 10.0. The smallest absolute Gasteiger partial charge is 0.346 e. The molecule has 2 N–H and O–H groups in total. The summed E-state index contributed by atoms with van der Waals surface area (Å²) in [6, 6.07) is -0.142. The van der Waals surface area contributed by atoms with Gasteiger partial charge in [0.15, 0.2) is 0 Å². The van der Waals surface area contributed by atoms with Crippen LogP contribution in [0.1, 0.15) is 32.1 Å². The number of aliphatic imine (C=N–C) groups is 1. The van der Waals surface area contributed by atoms with Gasteiger partial charge < -0.3 is 15.4 Å². The third-order valence-electron chi connectivity index (χ3n) is 4.12. The minimum absolute atomic E-state index is 0.142. The molecule has 3 aliphatic rings. The molecular formula is C12H19N3O2. The second kappa shape index (κ2) is 3.98. The van der Waals surface area contributed by atoms with Gasteiger partial charge in [0, 0.05) is 26.2 Å². The summed E-state index contributed by atoms with van der Waals surface area (Å²) in [5.41, 5.74) is 5.69. The lowest BCUT2D eigenvalue weighted by molar-refractivity contribution is 0.124. The van der Waals surface area contributed by atoms with E-state index >= 15 is 0 Å². The summed E-state index contributed by atoms with van der Waals surface area (Å²) < 4.78 is 5.49. The SMILES string of the molecule is NC1=NC(=O)N(CC2CC2)C12CCCOCC2. The van der Waals surface area contributed by atoms with Crippen LogP contribution in [0.25, 0.3) is 0 Å². The summed E-state index contributed by atoms with van der Waals surface area (Å²) in [5, 5.41) is 0. The van der Waals surface area contributed by atoms with Gasteiger partial charge in [-0.25, -0.2) is 4.79 Å². The maximum Gasteiger partial charge on any atom is 0.346 e. The molecular weight excluding hydrogens is 218 g/mol. The monoisotopic (exact) mass is 237 g/mol. The third kappa shape index (κ3) is 1.82. The molecule has 0 aromatic carbocycles. The Kier molecular flexibility index (Phi) is 2.58. The van der Waals surface area contributed by atoms with E-state index in [0.29, 0.717) is 18.4 Å². The Morgan fingerprint density at radius 1 is 1.41 bits per heavy atom. The van der Waals surface area contributed by atoms with E-state index in [4.69, 9.17) is 10.5 Å². The number of carbonyl (C=O) groups is 1. The first-order valence-corrected chi connectivity index (χ1v) is 6.46. The maximum atomic E-state index is 12.0. The van der Waals surface area contributed by atoms with Crippen molar-refractivity contribution in [3.05, 3.63) is 0 Å². The van der Waals surface area contributed by atoms with E-state index in [0.717, 1.165) is 32.4 Å². The van der Waals surface area contributed by atoms with Gasteiger partial charge in [-0.2, -0.15) is 4.99 Å². The quantitative estimate of drug-likeness (QED) is 0.782. The number of amides is 2. The largest absolute Gasteiger partial charge is 0.385 e. The lowest BCUT2D eigenvalue weighted by Crippen LogP contribution is -2.55. The van der Waals surface area contributed by atoms with Crippen LogP contribution in [0.2, 0.25) is 0 Å². The standard InChI is InChI=1S/C12H19N3O2/c13-10-12(4-1-6-17-7-5-12)15(11(16)14-10)8-9-2-3-9/h9H,1-8H2,(H2,13,14,16). The first kappa shape index (κ1) is 11.0. The number of nitrogens with zero attached hydrogens (tertiary/aromatic N) is 2. The molecule has 0 aromatic rings. The minimum Gasteiger partial charge on any atom is -0.385 e. The molecule has 1 aliphatic carbocycles. The van der Waals surface area contributed by atoms with E-state index in [9.17, 15) is 4.79 Å². The molecule has 1 spiro atoms. The van der Waals surface area contributed by atoms with E-state index in [1.807, 2.05) is 4.90 Å².